The van der Waals surface area contributed by atoms with Crippen molar-refractivity contribution < 1.29 is 4.74 Å². The van der Waals surface area contributed by atoms with Gasteiger partial charge in [0, 0.05) is 24.8 Å². The van der Waals surface area contributed by atoms with E-state index in [2.05, 4.69) is 35.6 Å². The van der Waals surface area contributed by atoms with Crippen LogP contribution in [0.5, 0.6) is 0 Å². The Kier molecular flexibility index (Phi) is 3.62. The van der Waals surface area contributed by atoms with E-state index in [-0.39, 0.29) is 5.41 Å². The molecule has 0 aliphatic carbocycles. The quantitative estimate of drug-likeness (QED) is 0.784. The zero-order chi connectivity index (χ0) is 12.3. The summed E-state index contributed by atoms with van der Waals surface area (Å²) < 4.78 is 5.38. The van der Waals surface area contributed by atoms with Crippen LogP contribution in [-0.4, -0.2) is 36.3 Å². The second kappa shape index (κ2) is 5.00. The van der Waals surface area contributed by atoms with E-state index in [4.69, 9.17) is 4.74 Å². The van der Waals surface area contributed by atoms with Crippen LogP contribution < -0.4 is 4.90 Å². The maximum atomic E-state index is 5.38. The molecule has 1 aliphatic rings. The molecule has 2 heterocycles. The minimum atomic E-state index is 0.256. The highest BCUT2D eigenvalue weighted by atomic mass is 16.5. The SMILES string of the molecule is CC(C)(C)Cc1cncnc1N1CCOCC1. The fourth-order valence-corrected chi connectivity index (χ4v) is 2.11. The van der Waals surface area contributed by atoms with Crippen molar-refractivity contribution in [2.75, 3.05) is 31.2 Å². The van der Waals surface area contributed by atoms with Gasteiger partial charge in [0.15, 0.2) is 0 Å². The molecule has 0 radical (unpaired) electrons. The predicted octanol–water partition coefficient (Wildman–Crippen LogP) is 1.90. The summed E-state index contributed by atoms with van der Waals surface area (Å²) >= 11 is 0. The first-order chi connectivity index (χ1) is 8.06. The first-order valence-electron chi connectivity index (χ1n) is 6.18. The summed E-state index contributed by atoms with van der Waals surface area (Å²) in [4.78, 5) is 10.9. The number of ether oxygens (including phenoxy) is 1. The third-order valence-electron chi connectivity index (χ3n) is 2.80. The summed E-state index contributed by atoms with van der Waals surface area (Å²) in [6.07, 6.45) is 4.58. The molecule has 0 unspecified atom stereocenters. The molecule has 0 saturated carbocycles. The molecule has 17 heavy (non-hydrogen) atoms. The minimum absolute atomic E-state index is 0.256. The zero-order valence-electron chi connectivity index (χ0n) is 10.9. The lowest BCUT2D eigenvalue weighted by molar-refractivity contribution is 0.122. The van der Waals surface area contributed by atoms with E-state index in [1.165, 1.54) is 5.56 Å². The van der Waals surface area contributed by atoms with Crippen molar-refractivity contribution in [2.45, 2.75) is 27.2 Å². The lowest BCUT2D eigenvalue weighted by Crippen LogP contribution is -2.37. The molecule has 0 N–H and O–H groups in total. The maximum absolute atomic E-state index is 5.38. The van der Waals surface area contributed by atoms with Crippen LogP contribution in [0.15, 0.2) is 12.5 Å². The standard InChI is InChI=1S/C13H21N3O/c1-13(2,3)8-11-9-14-10-15-12(11)16-4-6-17-7-5-16/h9-10H,4-8H2,1-3H3. The lowest BCUT2D eigenvalue weighted by atomic mass is 9.89. The van der Waals surface area contributed by atoms with Crippen LogP contribution in [0.4, 0.5) is 5.82 Å². The first-order valence-corrected chi connectivity index (χ1v) is 6.18. The largest absolute Gasteiger partial charge is 0.378 e. The Morgan fingerprint density at radius 3 is 2.65 bits per heavy atom. The number of anilines is 1. The van der Waals surface area contributed by atoms with Crippen molar-refractivity contribution in [3.63, 3.8) is 0 Å². The molecule has 0 spiro atoms. The van der Waals surface area contributed by atoms with Crippen molar-refractivity contribution in [1.82, 2.24) is 9.97 Å². The van der Waals surface area contributed by atoms with Crippen molar-refractivity contribution in [3.05, 3.63) is 18.1 Å². The molecular formula is C13H21N3O. The molecule has 94 valence electrons. The Morgan fingerprint density at radius 1 is 1.29 bits per heavy atom. The van der Waals surface area contributed by atoms with Gasteiger partial charge in [-0.05, 0) is 11.8 Å². The molecule has 1 saturated heterocycles. The summed E-state index contributed by atoms with van der Waals surface area (Å²) in [5.74, 6) is 1.08. The molecule has 1 aliphatic heterocycles. The molecular weight excluding hydrogens is 214 g/mol. The van der Waals surface area contributed by atoms with Gasteiger partial charge in [-0.3, -0.25) is 0 Å². The molecule has 0 amide bonds. The van der Waals surface area contributed by atoms with Gasteiger partial charge in [0.05, 0.1) is 13.2 Å². The van der Waals surface area contributed by atoms with Crippen LogP contribution in [0.25, 0.3) is 0 Å². The van der Waals surface area contributed by atoms with Gasteiger partial charge in [0.1, 0.15) is 12.1 Å². The normalized spacial score (nSPS) is 17.2. The maximum Gasteiger partial charge on any atom is 0.135 e. The van der Waals surface area contributed by atoms with Gasteiger partial charge in [-0.15, -0.1) is 0 Å². The topological polar surface area (TPSA) is 38.2 Å². The number of hydrogen-bond donors (Lipinski definition) is 0. The van der Waals surface area contributed by atoms with Crippen LogP contribution in [-0.2, 0) is 11.2 Å². The molecule has 2 rings (SSSR count). The lowest BCUT2D eigenvalue weighted by Gasteiger charge is -2.30. The Morgan fingerprint density at radius 2 is 2.00 bits per heavy atom. The van der Waals surface area contributed by atoms with Crippen LogP contribution in [0.1, 0.15) is 26.3 Å². The van der Waals surface area contributed by atoms with Crippen molar-refractivity contribution >= 4 is 5.82 Å². The summed E-state index contributed by atoms with van der Waals surface area (Å²) in [5.41, 5.74) is 1.49. The Hall–Kier alpha value is -1.16. The second-order valence-corrected chi connectivity index (χ2v) is 5.71. The van der Waals surface area contributed by atoms with E-state index < -0.39 is 0 Å². The molecule has 1 aromatic rings. The molecule has 0 bridgehead atoms. The Labute approximate surface area is 103 Å². The van der Waals surface area contributed by atoms with Crippen molar-refractivity contribution in [2.24, 2.45) is 5.41 Å². The number of morpholine rings is 1. The van der Waals surface area contributed by atoms with Gasteiger partial charge in [0.2, 0.25) is 0 Å². The van der Waals surface area contributed by atoms with E-state index in [0.29, 0.717) is 0 Å². The van der Waals surface area contributed by atoms with E-state index in [1.54, 1.807) is 6.33 Å². The van der Waals surface area contributed by atoms with Crippen LogP contribution >= 0.6 is 0 Å². The number of aromatic nitrogens is 2. The average molecular weight is 235 g/mol. The second-order valence-electron chi connectivity index (χ2n) is 5.71. The summed E-state index contributed by atoms with van der Waals surface area (Å²) in [6.45, 7) is 10.1. The van der Waals surface area contributed by atoms with E-state index in [0.717, 1.165) is 38.5 Å². The van der Waals surface area contributed by atoms with Gasteiger partial charge < -0.3 is 9.64 Å². The van der Waals surface area contributed by atoms with Crippen LogP contribution in [0.3, 0.4) is 0 Å². The third kappa shape index (κ3) is 3.40. The number of hydrogen-bond acceptors (Lipinski definition) is 4. The molecule has 1 fully saturated rings. The summed E-state index contributed by atoms with van der Waals surface area (Å²) in [5, 5.41) is 0. The van der Waals surface area contributed by atoms with E-state index in [1.807, 2.05) is 6.20 Å². The molecule has 4 nitrogen and oxygen atoms in total. The third-order valence-corrected chi connectivity index (χ3v) is 2.80. The average Bonchev–Trinajstić information content (AvgIpc) is 2.29. The van der Waals surface area contributed by atoms with Crippen LogP contribution in [0.2, 0.25) is 0 Å². The van der Waals surface area contributed by atoms with Crippen molar-refractivity contribution in [1.29, 1.82) is 0 Å². The smallest absolute Gasteiger partial charge is 0.135 e. The molecule has 0 aromatic carbocycles. The number of rotatable bonds is 2. The van der Waals surface area contributed by atoms with Gasteiger partial charge in [-0.25, -0.2) is 9.97 Å². The van der Waals surface area contributed by atoms with Crippen molar-refractivity contribution in [3.8, 4) is 0 Å². The molecule has 4 heteroatoms. The first kappa shape index (κ1) is 12.3. The van der Waals surface area contributed by atoms with Gasteiger partial charge in [-0.1, -0.05) is 20.8 Å². The highest BCUT2D eigenvalue weighted by molar-refractivity contribution is 5.46. The zero-order valence-corrected chi connectivity index (χ0v) is 10.9. The summed E-state index contributed by atoms with van der Waals surface area (Å²) in [6, 6.07) is 0. The predicted molar refractivity (Wildman–Crippen MR) is 68.2 cm³/mol. The minimum Gasteiger partial charge on any atom is -0.378 e. The van der Waals surface area contributed by atoms with Crippen LogP contribution in [0, 0.1) is 5.41 Å². The van der Waals surface area contributed by atoms with Gasteiger partial charge in [-0.2, -0.15) is 0 Å². The van der Waals surface area contributed by atoms with E-state index >= 15 is 0 Å². The molecule has 0 atom stereocenters. The highest BCUT2D eigenvalue weighted by Crippen LogP contribution is 2.26. The highest BCUT2D eigenvalue weighted by Gasteiger charge is 2.20. The van der Waals surface area contributed by atoms with Gasteiger partial charge in [0.25, 0.3) is 0 Å². The fraction of sp³-hybridized carbons (Fsp3) is 0.692. The Balaban J connectivity index is 2.20. The summed E-state index contributed by atoms with van der Waals surface area (Å²) in [7, 11) is 0. The monoisotopic (exact) mass is 235 g/mol. The van der Waals surface area contributed by atoms with Gasteiger partial charge >= 0.3 is 0 Å². The Bertz CT molecular complexity index is 367. The number of nitrogens with zero attached hydrogens (tertiary/aromatic N) is 3. The van der Waals surface area contributed by atoms with E-state index in [9.17, 15) is 0 Å². The fourth-order valence-electron chi connectivity index (χ4n) is 2.11. The molecule has 1 aromatic heterocycles.